The predicted octanol–water partition coefficient (Wildman–Crippen LogP) is -0.520. The monoisotopic (exact) mass is 287 g/mol. The molecule has 1 saturated heterocycles. The maximum atomic E-state index is 11.5. The van der Waals surface area contributed by atoms with Gasteiger partial charge < -0.3 is 20.9 Å². The summed E-state index contributed by atoms with van der Waals surface area (Å²) >= 11 is 0. The van der Waals surface area contributed by atoms with Gasteiger partial charge in [0.1, 0.15) is 10.5 Å². The third kappa shape index (κ3) is 3.35. The minimum absolute atomic E-state index is 0.0879. The number of sulfonamides is 1. The lowest BCUT2D eigenvalue weighted by Crippen LogP contribution is -2.37. The molecule has 8 heteroatoms. The lowest BCUT2D eigenvalue weighted by atomic mass is 10.0. The van der Waals surface area contributed by atoms with Crippen LogP contribution in [-0.4, -0.2) is 38.9 Å². The molecule has 6 N–H and O–H groups in total. The van der Waals surface area contributed by atoms with Gasteiger partial charge in [0.05, 0.1) is 12.3 Å². The minimum Gasteiger partial charge on any atom is -0.399 e. The molecule has 1 unspecified atom stereocenters. The zero-order valence-corrected chi connectivity index (χ0v) is 11.1. The average Bonchev–Trinajstić information content (AvgIpc) is 2.74. The zero-order chi connectivity index (χ0) is 14.1. The molecule has 0 saturated carbocycles. The van der Waals surface area contributed by atoms with E-state index in [1.165, 1.54) is 12.1 Å². The molecule has 1 aliphatic rings. The molecule has 7 nitrogen and oxygen atoms in total. The van der Waals surface area contributed by atoms with Gasteiger partial charge >= 0.3 is 0 Å². The fourth-order valence-electron chi connectivity index (χ4n) is 1.92. The van der Waals surface area contributed by atoms with Crippen molar-refractivity contribution in [2.45, 2.75) is 16.9 Å². The zero-order valence-electron chi connectivity index (χ0n) is 10.3. The first-order valence-electron chi connectivity index (χ1n) is 5.77. The number of nitrogens with two attached hydrogens (primary N) is 2. The first kappa shape index (κ1) is 14.1. The smallest absolute Gasteiger partial charge is 0.240 e. The number of hydrogen-bond acceptors (Lipinski definition) is 6. The van der Waals surface area contributed by atoms with Crippen LogP contribution in [0.25, 0.3) is 0 Å². The number of benzene rings is 1. The second kappa shape index (κ2) is 4.97. The van der Waals surface area contributed by atoms with Crippen molar-refractivity contribution in [1.29, 1.82) is 0 Å². The van der Waals surface area contributed by atoms with Crippen LogP contribution in [0.1, 0.15) is 6.42 Å². The molecule has 0 spiro atoms. The summed E-state index contributed by atoms with van der Waals surface area (Å²) in [5, 5.41) is 18.1. The Morgan fingerprint density at radius 2 is 2.21 bits per heavy atom. The summed E-state index contributed by atoms with van der Waals surface area (Å²) in [6.45, 7) is 0.890. The van der Waals surface area contributed by atoms with Crippen LogP contribution in [0.3, 0.4) is 0 Å². The van der Waals surface area contributed by atoms with Crippen LogP contribution in [-0.2, 0) is 14.8 Å². The van der Waals surface area contributed by atoms with E-state index in [1.807, 2.05) is 0 Å². The van der Waals surface area contributed by atoms with Crippen LogP contribution < -0.4 is 16.2 Å². The van der Waals surface area contributed by atoms with E-state index in [-0.39, 0.29) is 18.0 Å². The van der Waals surface area contributed by atoms with E-state index >= 15 is 0 Å². The quantitative estimate of drug-likeness (QED) is 0.552. The molecule has 106 valence electrons. The topological polar surface area (TPSA) is 128 Å². The van der Waals surface area contributed by atoms with E-state index in [9.17, 15) is 13.5 Å². The van der Waals surface area contributed by atoms with Crippen molar-refractivity contribution in [2.24, 2.45) is 5.14 Å². The van der Waals surface area contributed by atoms with E-state index in [4.69, 9.17) is 15.6 Å². The second-order valence-corrected chi connectivity index (χ2v) is 6.21. The Balaban J connectivity index is 2.21. The van der Waals surface area contributed by atoms with Gasteiger partial charge in [0.25, 0.3) is 0 Å². The van der Waals surface area contributed by atoms with E-state index in [0.29, 0.717) is 24.4 Å². The fourth-order valence-corrected chi connectivity index (χ4v) is 2.66. The summed E-state index contributed by atoms with van der Waals surface area (Å²) in [5.74, 6) is 0. The third-order valence-electron chi connectivity index (χ3n) is 3.00. The lowest BCUT2D eigenvalue weighted by molar-refractivity contribution is 0.0381. The van der Waals surface area contributed by atoms with E-state index < -0.39 is 15.6 Å². The van der Waals surface area contributed by atoms with Gasteiger partial charge in [-0.1, -0.05) is 0 Å². The van der Waals surface area contributed by atoms with Crippen LogP contribution >= 0.6 is 0 Å². The summed E-state index contributed by atoms with van der Waals surface area (Å²) in [5.41, 5.74) is 5.18. The number of primary sulfonamides is 1. The van der Waals surface area contributed by atoms with Crippen LogP contribution in [0.5, 0.6) is 0 Å². The third-order valence-corrected chi connectivity index (χ3v) is 3.95. The largest absolute Gasteiger partial charge is 0.399 e. The lowest BCUT2D eigenvalue weighted by Gasteiger charge is -2.22. The molecular weight excluding hydrogens is 270 g/mol. The first-order valence-corrected chi connectivity index (χ1v) is 7.31. The molecule has 0 amide bonds. The predicted molar refractivity (Wildman–Crippen MR) is 71.1 cm³/mol. The number of hydrogen-bond donors (Lipinski definition) is 4. The Morgan fingerprint density at radius 3 is 2.79 bits per heavy atom. The molecule has 0 bridgehead atoms. The molecule has 1 aliphatic heterocycles. The highest BCUT2D eigenvalue weighted by Crippen LogP contribution is 2.25. The van der Waals surface area contributed by atoms with Crippen molar-refractivity contribution in [3.05, 3.63) is 18.2 Å². The van der Waals surface area contributed by atoms with Crippen molar-refractivity contribution in [2.75, 3.05) is 30.8 Å². The summed E-state index contributed by atoms with van der Waals surface area (Å²) in [6.07, 6.45) is 0.500. The molecule has 1 fully saturated rings. The highest BCUT2D eigenvalue weighted by molar-refractivity contribution is 7.89. The molecule has 0 aliphatic carbocycles. The van der Waals surface area contributed by atoms with Crippen molar-refractivity contribution >= 4 is 21.4 Å². The van der Waals surface area contributed by atoms with E-state index in [0.717, 1.165) is 0 Å². The average molecular weight is 287 g/mol. The highest BCUT2D eigenvalue weighted by Gasteiger charge is 2.32. The number of aliphatic hydroxyl groups is 1. The van der Waals surface area contributed by atoms with E-state index in [2.05, 4.69) is 5.32 Å². The molecule has 0 aromatic heterocycles. The van der Waals surface area contributed by atoms with Gasteiger partial charge in [-0.25, -0.2) is 13.6 Å². The van der Waals surface area contributed by atoms with Crippen molar-refractivity contribution in [3.8, 4) is 0 Å². The van der Waals surface area contributed by atoms with Gasteiger partial charge in [-0.05, 0) is 18.2 Å². The van der Waals surface area contributed by atoms with Gasteiger partial charge in [-0.15, -0.1) is 0 Å². The summed E-state index contributed by atoms with van der Waals surface area (Å²) < 4.78 is 28.1. The number of anilines is 2. The van der Waals surface area contributed by atoms with Gasteiger partial charge in [0.2, 0.25) is 10.0 Å². The number of rotatable bonds is 4. The van der Waals surface area contributed by atoms with Crippen molar-refractivity contribution < 1.29 is 18.3 Å². The van der Waals surface area contributed by atoms with Crippen molar-refractivity contribution in [1.82, 2.24) is 0 Å². The van der Waals surface area contributed by atoms with Gasteiger partial charge in [-0.3, -0.25) is 0 Å². The molecule has 1 aromatic rings. The summed E-state index contributed by atoms with van der Waals surface area (Å²) in [4.78, 5) is -0.0879. The molecule has 1 heterocycles. The Hall–Kier alpha value is -1.35. The maximum Gasteiger partial charge on any atom is 0.240 e. The molecule has 0 radical (unpaired) electrons. The Morgan fingerprint density at radius 1 is 1.47 bits per heavy atom. The van der Waals surface area contributed by atoms with Gasteiger partial charge in [0.15, 0.2) is 0 Å². The number of ether oxygens (including phenoxy) is 1. The molecule has 2 rings (SSSR count). The molecule has 19 heavy (non-hydrogen) atoms. The Bertz CT molecular complexity index is 567. The Labute approximate surface area is 111 Å². The second-order valence-electron chi connectivity index (χ2n) is 4.68. The van der Waals surface area contributed by atoms with Crippen LogP contribution in [0.15, 0.2) is 23.1 Å². The Kier molecular flexibility index (Phi) is 3.68. The molecule has 1 atom stereocenters. The fraction of sp³-hybridized carbons (Fsp3) is 0.455. The summed E-state index contributed by atoms with van der Waals surface area (Å²) in [7, 11) is -3.88. The maximum absolute atomic E-state index is 11.5. The minimum atomic E-state index is -3.88. The highest BCUT2D eigenvalue weighted by atomic mass is 32.2. The summed E-state index contributed by atoms with van der Waals surface area (Å²) in [6, 6.07) is 4.37. The van der Waals surface area contributed by atoms with Crippen LogP contribution in [0.2, 0.25) is 0 Å². The standard InChI is InChI=1S/C11H17N3O4S/c12-8-1-2-9(10(5-8)19(13,16)17)14-6-11(15)3-4-18-7-11/h1-2,5,14-15H,3-4,6-7,12H2,(H2,13,16,17). The number of nitrogen functional groups attached to an aromatic ring is 1. The normalized spacial score (nSPS) is 23.5. The number of nitrogens with one attached hydrogen (secondary N) is 1. The van der Waals surface area contributed by atoms with Crippen LogP contribution in [0, 0.1) is 0 Å². The molecule has 1 aromatic carbocycles. The first-order chi connectivity index (χ1) is 8.80. The SMILES string of the molecule is Nc1ccc(NCC2(O)CCOC2)c(S(N)(=O)=O)c1. The molecular formula is C11H17N3O4S. The van der Waals surface area contributed by atoms with Gasteiger partial charge in [0, 0.05) is 25.3 Å². The van der Waals surface area contributed by atoms with Gasteiger partial charge in [-0.2, -0.15) is 0 Å². The van der Waals surface area contributed by atoms with Crippen molar-refractivity contribution in [3.63, 3.8) is 0 Å². The van der Waals surface area contributed by atoms with Crippen LogP contribution in [0.4, 0.5) is 11.4 Å². The van der Waals surface area contributed by atoms with E-state index in [1.54, 1.807) is 6.07 Å².